The van der Waals surface area contributed by atoms with Crippen LogP contribution in [0, 0.1) is 6.92 Å². The molecule has 1 aromatic carbocycles. The molecule has 0 aliphatic rings. The molecule has 2 aromatic heterocycles. The van der Waals surface area contributed by atoms with E-state index in [2.05, 4.69) is 20.3 Å². The van der Waals surface area contributed by atoms with Crippen LogP contribution in [-0.2, 0) is 0 Å². The van der Waals surface area contributed by atoms with Gasteiger partial charge in [0.15, 0.2) is 5.65 Å². The first kappa shape index (κ1) is 12.2. The molecule has 20 heavy (non-hydrogen) atoms. The van der Waals surface area contributed by atoms with Gasteiger partial charge in [-0.05, 0) is 25.1 Å². The van der Waals surface area contributed by atoms with Crippen LogP contribution in [0.3, 0.4) is 0 Å². The number of aryl methyl sites for hydroxylation is 1. The van der Waals surface area contributed by atoms with Gasteiger partial charge in [-0.25, -0.2) is 9.97 Å². The number of carbonyl (C=O) groups excluding carboxylic acids is 1. The van der Waals surface area contributed by atoms with E-state index in [-0.39, 0.29) is 5.91 Å². The smallest absolute Gasteiger partial charge is 0.255 e. The summed E-state index contributed by atoms with van der Waals surface area (Å²) >= 11 is 0. The van der Waals surface area contributed by atoms with Gasteiger partial charge in [0.05, 0.1) is 11.4 Å². The van der Waals surface area contributed by atoms with Crippen molar-refractivity contribution in [1.29, 1.82) is 0 Å². The van der Waals surface area contributed by atoms with E-state index in [0.717, 1.165) is 0 Å². The van der Waals surface area contributed by atoms with Gasteiger partial charge in [0.25, 0.3) is 5.91 Å². The Balaban J connectivity index is 1.95. The molecule has 0 bridgehead atoms. The van der Waals surface area contributed by atoms with E-state index in [1.165, 1.54) is 0 Å². The number of anilines is 1. The number of rotatable bonds is 2. The second-order valence-electron chi connectivity index (χ2n) is 4.34. The van der Waals surface area contributed by atoms with Gasteiger partial charge in [0, 0.05) is 18.0 Å². The van der Waals surface area contributed by atoms with Crippen LogP contribution in [0.4, 0.5) is 5.69 Å². The second kappa shape index (κ2) is 5.05. The summed E-state index contributed by atoms with van der Waals surface area (Å²) in [7, 11) is 0. The lowest BCUT2D eigenvalue weighted by Gasteiger charge is -2.08. The van der Waals surface area contributed by atoms with Gasteiger partial charge in [-0.15, -0.1) is 0 Å². The molecule has 2 heterocycles. The molecule has 0 saturated heterocycles. The molecule has 0 unspecified atom stereocenters. The number of pyridine rings is 1. The van der Waals surface area contributed by atoms with Crippen molar-refractivity contribution in [3.8, 4) is 0 Å². The molecule has 1 amide bonds. The van der Waals surface area contributed by atoms with Gasteiger partial charge in [0.2, 0.25) is 0 Å². The van der Waals surface area contributed by atoms with E-state index in [1.807, 2.05) is 25.1 Å². The molecule has 1 N–H and O–H groups in total. The molecule has 0 aliphatic heterocycles. The summed E-state index contributed by atoms with van der Waals surface area (Å²) in [4.78, 5) is 24.8. The van der Waals surface area contributed by atoms with Crippen LogP contribution >= 0.6 is 0 Å². The number of hydrogen-bond donors (Lipinski definition) is 1. The minimum atomic E-state index is -0.168. The topological polar surface area (TPSA) is 67.8 Å². The highest BCUT2D eigenvalue weighted by atomic mass is 16.1. The Labute approximate surface area is 115 Å². The number of fused-ring (bicyclic) bond motifs is 1. The monoisotopic (exact) mass is 264 g/mol. The molecule has 0 aliphatic carbocycles. The van der Waals surface area contributed by atoms with Gasteiger partial charge in [-0.2, -0.15) is 0 Å². The van der Waals surface area contributed by atoms with Gasteiger partial charge >= 0.3 is 0 Å². The Morgan fingerprint density at radius 1 is 1.10 bits per heavy atom. The third-order valence-corrected chi connectivity index (χ3v) is 2.93. The van der Waals surface area contributed by atoms with Crippen LogP contribution in [0.15, 0.2) is 48.8 Å². The van der Waals surface area contributed by atoms with Crippen molar-refractivity contribution in [1.82, 2.24) is 15.0 Å². The standard InChI is InChI=1S/C15H12N4O/c1-10-12(9-13-14(18-10)17-8-7-16-13)19-15(20)11-5-3-2-4-6-11/h2-9H,1H3,(H,19,20). The second-order valence-corrected chi connectivity index (χ2v) is 4.34. The largest absolute Gasteiger partial charge is 0.320 e. The molecule has 0 atom stereocenters. The van der Waals surface area contributed by atoms with E-state index < -0.39 is 0 Å². The lowest BCUT2D eigenvalue weighted by atomic mass is 10.2. The molecule has 3 rings (SSSR count). The molecule has 0 saturated carbocycles. The van der Waals surface area contributed by atoms with Crippen LogP contribution in [0.2, 0.25) is 0 Å². The minimum Gasteiger partial charge on any atom is -0.320 e. The summed E-state index contributed by atoms with van der Waals surface area (Å²) < 4.78 is 0. The average molecular weight is 264 g/mol. The Morgan fingerprint density at radius 3 is 2.65 bits per heavy atom. The Morgan fingerprint density at radius 2 is 1.85 bits per heavy atom. The SMILES string of the molecule is Cc1nc2nccnc2cc1NC(=O)c1ccccc1. The highest BCUT2D eigenvalue weighted by Crippen LogP contribution is 2.18. The highest BCUT2D eigenvalue weighted by molar-refractivity contribution is 6.05. The maximum absolute atomic E-state index is 12.1. The first-order valence-corrected chi connectivity index (χ1v) is 6.19. The predicted octanol–water partition coefficient (Wildman–Crippen LogP) is 2.59. The third-order valence-electron chi connectivity index (χ3n) is 2.93. The molecular weight excluding hydrogens is 252 g/mol. The Kier molecular flexibility index (Phi) is 3.09. The molecular formula is C15H12N4O. The van der Waals surface area contributed by atoms with Crippen LogP contribution in [0.5, 0.6) is 0 Å². The molecule has 0 spiro atoms. The van der Waals surface area contributed by atoms with Gasteiger partial charge in [0.1, 0.15) is 5.52 Å². The first-order chi connectivity index (χ1) is 9.74. The molecule has 5 heteroatoms. The summed E-state index contributed by atoms with van der Waals surface area (Å²) in [5.41, 5.74) is 3.18. The summed E-state index contributed by atoms with van der Waals surface area (Å²) in [5.74, 6) is -0.168. The van der Waals surface area contributed by atoms with Crippen molar-refractivity contribution >= 4 is 22.8 Å². The van der Waals surface area contributed by atoms with Gasteiger partial charge < -0.3 is 5.32 Å². The Hall–Kier alpha value is -2.82. The summed E-state index contributed by atoms with van der Waals surface area (Å²) in [6.45, 7) is 1.83. The fourth-order valence-electron chi connectivity index (χ4n) is 1.90. The van der Waals surface area contributed by atoms with E-state index >= 15 is 0 Å². The van der Waals surface area contributed by atoms with Crippen molar-refractivity contribution in [2.24, 2.45) is 0 Å². The summed E-state index contributed by atoms with van der Waals surface area (Å²) in [6.07, 6.45) is 3.19. The zero-order chi connectivity index (χ0) is 13.9. The number of nitrogens with one attached hydrogen (secondary N) is 1. The minimum absolute atomic E-state index is 0.168. The highest BCUT2D eigenvalue weighted by Gasteiger charge is 2.09. The first-order valence-electron chi connectivity index (χ1n) is 6.19. The molecule has 3 aromatic rings. The fourth-order valence-corrected chi connectivity index (χ4v) is 1.90. The number of amides is 1. The molecule has 5 nitrogen and oxygen atoms in total. The maximum Gasteiger partial charge on any atom is 0.255 e. The van der Waals surface area contributed by atoms with E-state index in [4.69, 9.17) is 0 Å². The van der Waals surface area contributed by atoms with Crippen molar-refractivity contribution in [3.63, 3.8) is 0 Å². The quantitative estimate of drug-likeness (QED) is 0.772. The van der Waals surface area contributed by atoms with Crippen molar-refractivity contribution in [2.75, 3.05) is 5.32 Å². The Bertz CT molecular complexity index is 771. The third kappa shape index (κ3) is 2.33. The van der Waals surface area contributed by atoms with Crippen molar-refractivity contribution < 1.29 is 4.79 Å². The normalized spacial score (nSPS) is 10.4. The van der Waals surface area contributed by atoms with E-state index in [9.17, 15) is 4.79 Å². The summed E-state index contributed by atoms with van der Waals surface area (Å²) in [6, 6.07) is 10.8. The number of aromatic nitrogens is 3. The van der Waals surface area contributed by atoms with Gasteiger partial charge in [-0.3, -0.25) is 9.78 Å². The number of hydrogen-bond acceptors (Lipinski definition) is 4. The zero-order valence-electron chi connectivity index (χ0n) is 10.9. The van der Waals surface area contributed by atoms with Crippen LogP contribution in [0.25, 0.3) is 11.2 Å². The van der Waals surface area contributed by atoms with Crippen LogP contribution in [0.1, 0.15) is 16.1 Å². The zero-order valence-corrected chi connectivity index (χ0v) is 10.9. The fraction of sp³-hybridized carbons (Fsp3) is 0.0667. The van der Waals surface area contributed by atoms with Gasteiger partial charge in [-0.1, -0.05) is 18.2 Å². The van der Waals surface area contributed by atoms with Crippen molar-refractivity contribution in [3.05, 3.63) is 60.0 Å². The van der Waals surface area contributed by atoms with Crippen LogP contribution in [-0.4, -0.2) is 20.9 Å². The number of benzene rings is 1. The average Bonchev–Trinajstić information content (AvgIpc) is 2.49. The summed E-state index contributed by atoms with van der Waals surface area (Å²) in [5, 5.41) is 2.85. The lowest BCUT2D eigenvalue weighted by molar-refractivity contribution is 0.102. The van der Waals surface area contributed by atoms with Crippen LogP contribution < -0.4 is 5.32 Å². The predicted molar refractivity (Wildman–Crippen MR) is 76.5 cm³/mol. The number of carbonyl (C=O) groups is 1. The van der Waals surface area contributed by atoms with E-state index in [1.54, 1.807) is 30.6 Å². The number of nitrogens with zero attached hydrogens (tertiary/aromatic N) is 3. The molecule has 0 fully saturated rings. The molecule has 98 valence electrons. The molecule has 0 radical (unpaired) electrons. The maximum atomic E-state index is 12.1. The van der Waals surface area contributed by atoms with E-state index in [0.29, 0.717) is 28.1 Å². The van der Waals surface area contributed by atoms with Crippen molar-refractivity contribution in [2.45, 2.75) is 6.92 Å². The lowest BCUT2D eigenvalue weighted by Crippen LogP contribution is -2.13.